The zero-order chi connectivity index (χ0) is 25.3. The van der Waals surface area contributed by atoms with E-state index in [0.29, 0.717) is 38.7 Å². The van der Waals surface area contributed by atoms with Gasteiger partial charge in [-0.3, -0.25) is 14.2 Å². The first-order valence-electron chi connectivity index (χ1n) is 11.1. The monoisotopic (exact) mass is 497 g/mol. The Kier molecular flexibility index (Phi) is 6.66. The lowest BCUT2D eigenvalue weighted by molar-refractivity contribution is -0.155. The molecule has 0 aliphatic rings. The Morgan fingerprint density at radius 2 is 1.91 bits per heavy atom. The summed E-state index contributed by atoms with van der Waals surface area (Å²) in [6.45, 7) is 6.77. The van der Waals surface area contributed by atoms with Crippen LogP contribution in [-0.4, -0.2) is 32.8 Å². The summed E-state index contributed by atoms with van der Waals surface area (Å²) < 4.78 is 18.7. The second-order valence-electron chi connectivity index (χ2n) is 9.05. The molecule has 10 heteroatoms. The number of hydrogen-bond acceptors (Lipinski definition) is 8. The van der Waals surface area contributed by atoms with Crippen molar-refractivity contribution in [3.63, 3.8) is 0 Å². The number of fused-ring (bicyclic) bond motifs is 1. The molecular formula is C25H27N3O6S. The summed E-state index contributed by atoms with van der Waals surface area (Å²) in [5.41, 5.74) is -0.314. The maximum absolute atomic E-state index is 13.5. The number of aryl methyl sites for hydroxylation is 3. The minimum Gasteiger partial charge on any atom is -0.496 e. The standard InChI is InChI=1S/C25H27N3O6S/c1-15-19-22(30)28(14-18(29)34-25(2,3)4)24(31)27(12-10-16-8-6-7-9-17(16)32-5)23(19)35-20(15)21-26-11-13-33-21/h6-9,11,13H,10,12,14H2,1-5H3. The third-order valence-corrected chi connectivity index (χ3v) is 6.73. The molecule has 3 aromatic heterocycles. The van der Waals surface area contributed by atoms with Crippen molar-refractivity contribution >= 4 is 27.5 Å². The molecule has 0 saturated heterocycles. The van der Waals surface area contributed by atoms with Crippen LogP contribution in [-0.2, 0) is 29.0 Å². The van der Waals surface area contributed by atoms with Crippen molar-refractivity contribution < 1.29 is 18.7 Å². The van der Waals surface area contributed by atoms with Gasteiger partial charge in [-0.05, 0) is 51.3 Å². The van der Waals surface area contributed by atoms with Gasteiger partial charge in [0.2, 0.25) is 5.89 Å². The third kappa shape index (κ3) is 4.93. The second-order valence-corrected chi connectivity index (χ2v) is 10.0. The van der Waals surface area contributed by atoms with Crippen LogP contribution in [0.1, 0.15) is 31.9 Å². The van der Waals surface area contributed by atoms with Gasteiger partial charge in [0, 0.05) is 6.54 Å². The summed E-state index contributed by atoms with van der Waals surface area (Å²) in [6, 6.07) is 7.55. The zero-order valence-corrected chi connectivity index (χ0v) is 21.1. The minimum absolute atomic E-state index is 0.273. The molecule has 0 saturated carbocycles. The Hall–Kier alpha value is -3.66. The van der Waals surface area contributed by atoms with Gasteiger partial charge in [0.1, 0.15) is 29.0 Å². The van der Waals surface area contributed by atoms with E-state index in [0.717, 1.165) is 10.1 Å². The largest absolute Gasteiger partial charge is 0.496 e. The smallest absolute Gasteiger partial charge is 0.332 e. The quantitative estimate of drug-likeness (QED) is 0.358. The van der Waals surface area contributed by atoms with E-state index in [9.17, 15) is 14.4 Å². The molecule has 9 nitrogen and oxygen atoms in total. The van der Waals surface area contributed by atoms with Gasteiger partial charge in [-0.1, -0.05) is 18.2 Å². The minimum atomic E-state index is -0.746. The average Bonchev–Trinajstić information content (AvgIpc) is 3.44. The molecule has 0 spiro atoms. The van der Waals surface area contributed by atoms with Gasteiger partial charge < -0.3 is 13.9 Å². The summed E-state index contributed by atoms with van der Waals surface area (Å²) in [6.07, 6.45) is 3.46. The van der Waals surface area contributed by atoms with Crippen LogP contribution in [0.3, 0.4) is 0 Å². The lowest BCUT2D eigenvalue weighted by Crippen LogP contribution is -2.42. The summed E-state index contributed by atoms with van der Waals surface area (Å²) in [5, 5.41) is 0.353. The van der Waals surface area contributed by atoms with Crippen LogP contribution in [0.4, 0.5) is 0 Å². The summed E-state index contributed by atoms with van der Waals surface area (Å²) in [5.74, 6) is 0.417. The Bertz CT molecular complexity index is 1490. The first-order valence-corrected chi connectivity index (χ1v) is 11.9. The molecule has 0 aliphatic heterocycles. The van der Waals surface area contributed by atoms with Crippen LogP contribution in [0, 0.1) is 6.92 Å². The molecule has 0 radical (unpaired) electrons. The van der Waals surface area contributed by atoms with Crippen LogP contribution >= 0.6 is 11.3 Å². The highest BCUT2D eigenvalue weighted by molar-refractivity contribution is 7.22. The molecule has 0 aliphatic carbocycles. The molecule has 0 bridgehead atoms. The maximum Gasteiger partial charge on any atom is 0.332 e. The van der Waals surface area contributed by atoms with E-state index < -0.39 is 29.4 Å². The Morgan fingerprint density at radius 1 is 1.17 bits per heavy atom. The van der Waals surface area contributed by atoms with Gasteiger partial charge in [0.15, 0.2) is 0 Å². The number of hydrogen-bond donors (Lipinski definition) is 0. The lowest BCUT2D eigenvalue weighted by Gasteiger charge is -2.20. The predicted molar refractivity (Wildman–Crippen MR) is 133 cm³/mol. The van der Waals surface area contributed by atoms with Crippen LogP contribution in [0.2, 0.25) is 0 Å². The molecule has 0 fully saturated rings. The number of carbonyl (C=O) groups excluding carboxylic acids is 1. The number of methoxy groups -OCH3 is 1. The van der Waals surface area contributed by atoms with Crippen LogP contribution in [0.15, 0.2) is 50.7 Å². The molecule has 4 aromatic rings. The second kappa shape index (κ2) is 9.53. The van der Waals surface area contributed by atoms with E-state index in [2.05, 4.69) is 4.98 Å². The number of oxazole rings is 1. The average molecular weight is 498 g/mol. The SMILES string of the molecule is COc1ccccc1CCn1c(=O)n(CC(=O)OC(C)(C)C)c(=O)c2c(C)c(-c3ncco3)sc21. The van der Waals surface area contributed by atoms with E-state index in [-0.39, 0.29) is 6.54 Å². The van der Waals surface area contributed by atoms with Gasteiger partial charge in [0.05, 0.1) is 23.6 Å². The summed E-state index contributed by atoms with van der Waals surface area (Å²) >= 11 is 1.27. The molecule has 1 aromatic carbocycles. The van der Waals surface area contributed by atoms with E-state index in [1.165, 1.54) is 28.4 Å². The fourth-order valence-corrected chi connectivity index (χ4v) is 5.17. The maximum atomic E-state index is 13.5. The Labute approximate surface area is 205 Å². The number of aromatic nitrogens is 3. The first kappa shape index (κ1) is 24.5. The molecular weight excluding hydrogens is 470 g/mol. The van der Waals surface area contributed by atoms with Crippen molar-refractivity contribution in [3.8, 4) is 16.5 Å². The fraction of sp³-hybridized carbons (Fsp3) is 0.360. The van der Waals surface area contributed by atoms with E-state index in [1.807, 2.05) is 24.3 Å². The molecule has 184 valence electrons. The molecule has 0 unspecified atom stereocenters. The molecule has 35 heavy (non-hydrogen) atoms. The number of rotatable bonds is 7. The van der Waals surface area contributed by atoms with Crippen LogP contribution in [0.5, 0.6) is 5.75 Å². The normalized spacial score (nSPS) is 11.7. The van der Waals surface area contributed by atoms with Crippen molar-refractivity contribution in [3.05, 3.63) is 68.7 Å². The highest BCUT2D eigenvalue weighted by Gasteiger charge is 2.25. The van der Waals surface area contributed by atoms with Gasteiger partial charge >= 0.3 is 11.7 Å². The number of ether oxygens (including phenoxy) is 2. The topological polar surface area (TPSA) is 106 Å². The van der Waals surface area contributed by atoms with Crippen LogP contribution in [0.25, 0.3) is 21.0 Å². The zero-order valence-electron chi connectivity index (χ0n) is 20.3. The molecule has 0 amide bonds. The number of para-hydroxylation sites is 1. The van der Waals surface area contributed by atoms with Gasteiger partial charge in [-0.15, -0.1) is 11.3 Å². The predicted octanol–water partition coefficient (Wildman–Crippen LogP) is 3.78. The number of carbonyl (C=O) groups is 1. The first-order chi connectivity index (χ1) is 16.6. The van der Waals surface area contributed by atoms with Crippen molar-refractivity contribution in [1.82, 2.24) is 14.1 Å². The molecule has 0 atom stereocenters. The van der Waals surface area contributed by atoms with E-state index in [4.69, 9.17) is 13.9 Å². The lowest BCUT2D eigenvalue weighted by atomic mass is 10.1. The van der Waals surface area contributed by atoms with Crippen LogP contribution < -0.4 is 16.0 Å². The Morgan fingerprint density at radius 3 is 2.57 bits per heavy atom. The highest BCUT2D eigenvalue weighted by Crippen LogP contribution is 2.35. The highest BCUT2D eigenvalue weighted by atomic mass is 32.1. The number of benzene rings is 1. The number of esters is 1. The van der Waals surface area contributed by atoms with E-state index >= 15 is 0 Å². The third-order valence-electron chi connectivity index (χ3n) is 5.43. The summed E-state index contributed by atoms with van der Waals surface area (Å²) in [7, 11) is 1.59. The molecule has 4 rings (SSSR count). The summed E-state index contributed by atoms with van der Waals surface area (Å²) in [4.78, 5) is 44.9. The molecule has 0 N–H and O–H groups in total. The fourth-order valence-electron chi connectivity index (χ4n) is 3.92. The number of thiophene rings is 1. The van der Waals surface area contributed by atoms with Gasteiger partial charge in [-0.2, -0.15) is 0 Å². The Balaban J connectivity index is 1.87. The van der Waals surface area contributed by atoms with Crippen molar-refractivity contribution in [1.29, 1.82) is 0 Å². The van der Waals surface area contributed by atoms with Gasteiger partial charge in [-0.25, -0.2) is 14.3 Å². The van der Waals surface area contributed by atoms with E-state index in [1.54, 1.807) is 34.8 Å². The molecule has 3 heterocycles. The van der Waals surface area contributed by atoms with Gasteiger partial charge in [0.25, 0.3) is 5.56 Å². The number of nitrogens with zero attached hydrogens (tertiary/aromatic N) is 3. The van der Waals surface area contributed by atoms with Crippen molar-refractivity contribution in [2.45, 2.75) is 52.8 Å². The van der Waals surface area contributed by atoms with Crippen molar-refractivity contribution in [2.75, 3.05) is 7.11 Å². The van der Waals surface area contributed by atoms with Crippen molar-refractivity contribution in [2.24, 2.45) is 0 Å².